The second kappa shape index (κ2) is 4.43. The van der Waals surface area contributed by atoms with Crippen LogP contribution in [0.5, 0.6) is 0 Å². The Balaban J connectivity index is 2.93. The van der Waals surface area contributed by atoms with Crippen molar-refractivity contribution in [3.8, 4) is 6.07 Å². The van der Waals surface area contributed by atoms with Crippen LogP contribution in [0.1, 0.15) is 0 Å². The molecule has 1 fully saturated rings. The van der Waals surface area contributed by atoms with E-state index in [0.29, 0.717) is 26.2 Å². The van der Waals surface area contributed by atoms with E-state index >= 15 is 0 Å². The summed E-state index contributed by atoms with van der Waals surface area (Å²) >= 11 is 0. The van der Waals surface area contributed by atoms with Crippen LogP contribution in [-0.2, 0) is 0 Å². The van der Waals surface area contributed by atoms with Gasteiger partial charge in [-0.25, -0.2) is 0 Å². The predicted molar refractivity (Wildman–Crippen MR) is 48.3 cm³/mol. The zero-order valence-corrected chi connectivity index (χ0v) is 7.56. The van der Waals surface area contributed by atoms with Gasteiger partial charge in [0.2, 0.25) is 0 Å². The first-order valence-corrected chi connectivity index (χ1v) is 4.18. The highest BCUT2D eigenvalue weighted by molar-refractivity contribution is 5.21. The summed E-state index contributed by atoms with van der Waals surface area (Å²) in [6.45, 7) is 2.17. The van der Waals surface area contributed by atoms with Crippen LogP contribution in [0.25, 0.3) is 0 Å². The number of nitriles is 1. The summed E-state index contributed by atoms with van der Waals surface area (Å²) in [4.78, 5) is 11.5. The van der Waals surface area contributed by atoms with Crippen LogP contribution in [0.3, 0.4) is 0 Å². The van der Waals surface area contributed by atoms with Crippen molar-refractivity contribution in [2.75, 3.05) is 26.2 Å². The Morgan fingerprint density at radius 2 is 2.57 bits per heavy atom. The van der Waals surface area contributed by atoms with Gasteiger partial charge in [-0.05, 0) is 0 Å². The summed E-state index contributed by atoms with van der Waals surface area (Å²) < 4.78 is 0. The SMILES string of the molecule is N#C/C(=C1/NCCN1CCN)[N+](=O)[O-]. The van der Waals surface area contributed by atoms with E-state index in [4.69, 9.17) is 11.0 Å². The molecule has 0 aromatic carbocycles. The Morgan fingerprint density at radius 1 is 1.86 bits per heavy atom. The third kappa shape index (κ3) is 1.92. The van der Waals surface area contributed by atoms with Crippen molar-refractivity contribution in [1.82, 2.24) is 10.2 Å². The number of nitrogens with zero attached hydrogens (tertiary/aromatic N) is 3. The topological polar surface area (TPSA) is 108 Å². The first-order chi connectivity index (χ1) is 6.70. The Kier molecular flexibility index (Phi) is 3.25. The fourth-order valence-electron chi connectivity index (χ4n) is 1.33. The molecule has 3 N–H and O–H groups in total. The monoisotopic (exact) mass is 197 g/mol. The van der Waals surface area contributed by atoms with Crippen molar-refractivity contribution in [3.05, 3.63) is 21.6 Å². The number of allylic oxidation sites excluding steroid dienone is 1. The van der Waals surface area contributed by atoms with Gasteiger partial charge in [0.25, 0.3) is 0 Å². The van der Waals surface area contributed by atoms with Gasteiger partial charge in [0, 0.05) is 26.2 Å². The lowest BCUT2D eigenvalue weighted by atomic mass is 10.4. The minimum Gasteiger partial charge on any atom is -0.364 e. The number of rotatable bonds is 3. The molecular formula is C7H11N5O2. The van der Waals surface area contributed by atoms with Crippen LogP contribution in [-0.4, -0.2) is 36.0 Å². The first-order valence-electron chi connectivity index (χ1n) is 4.18. The molecule has 0 amide bonds. The second-order valence-corrected chi connectivity index (χ2v) is 2.77. The smallest absolute Gasteiger partial charge is 0.364 e. The van der Waals surface area contributed by atoms with E-state index in [0.717, 1.165) is 0 Å². The van der Waals surface area contributed by atoms with E-state index < -0.39 is 10.6 Å². The van der Waals surface area contributed by atoms with Gasteiger partial charge in [-0.3, -0.25) is 10.1 Å². The second-order valence-electron chi connectivity index (χ2n) is 2.77. The van der Waals surface area contributed by atoms with Gasteiger partial charge in [0.05, 0.1) is 4.92 Å². The molecule has 0 aromatic rings. The van der Waals surface area contributed by atoms with Crippen molar-refractivity contribution in [2.45, 2.75) is 0 Å². The molecule has 14 heavy (non-hydrogen) atoms. The van der Waals surface area contributed by atoms with Crippen LogP contribution in [0.4, 0.5) is 0 Å². The van der Waals surface area contributed by atoms with Crippen LogP contribution in [0.15, 0.2) is 11.5 Å². The molecule has 1 heterocycles. The van der Waals surface area contributed by atoms with E-state index in [1.807, 2.05) is 0 Å². The molecule has 0 atom stereocenters. The molecule has 1 aliphatic heterocycles. The Labute approximate surface area is 80.9 Å². The molecule has 1 rings (SSSR count). The van der Waals surface area contributed by atoms with E-state index in [1.165, 1.54) is 0 Å². The molecule has 0 radical (unpaired) electrons. The maximum absolute atomic E-state index is 10.5. The minimum absolute atomic E-state index is 0.281. The fraction of sp³-hybridized carbons (Fsp3) is 0.571. The molecule has 0 aromatic heterocycles. The molecule has 0 spiro atoms. The van der Waals surface area contributed by atoms with Gasteiger partial charge in [-0.1, -0.05) is 0 Å². The molecule has 0 bridgehead atoms. The van der Waals surface area contributed by atoms with Crippen LogP contribution >= 0.6 is 0 Å². The largest absolute Gasteiger partial charge is 0.385 e. The Morgan fingerprint density at radius 3 is 3.07 bits per heavy atom. The number of nitrogens with two attached hydrogens (primary N) is 1. The van der Waals surface area contributed by atoms with Crippen LogP contribution in [0.2, 0.25) is 0 Å². The van der Waals surface area contributed by atoms with Crippen molar-refractivity contribution in [2.24, 2.45) is 5.73 Å². The van der Waals surface area contributed by atoms with Gasteiger partial charge in [-0.15, -0.1) is 0 Å². The lowest BCUT2D eigenvalue weighted by Gasteiger charge is -2.15. The summed E-state index contributed by atoms with van der Waals surface area (Å²) in [6, 6.07) is 1.57. The highest BCUT2D eigenvalue weighted by atomic mass is 16.6. The molecule has 0 aliphatic carbocycles. The Hall–Kier alpha value is -1.81. The molecule has 7 heteroatoms. The Bertz CT molecular complexity index is 306. The number of nitro groups is 1. The maximum Gasteiger partial charge on any atom is 0.385 e. The molecule has 0 saturated carbocycles. The van der Waals surface area contributed by atoms with E-state index in [1.54, 1.807) is 11.0 Å². The lowest BCUT2D eigenvalue weighted by molar-refractivity contribution is -0.419. The molecule has 7 nitrogen and oxygen atoms in total. The standard InChI is InChI=1S/C7H11N5O2/c8-1-3-11-4-2-10-7(11)6(5-9)12(13)14/h10H,1-4,8H2/b7-6+. The summed E-state index contributed by atoms with van der Waals surface area (Å²) in [5, 5.41) is 21.9. The van der Waals surface area contributed by atoms with Gasteiger partial charge in [0.15, 0.2) is 11.9 Å². The summed E-state index contributed by atoms with van der Waals surface area (Å²) in [5.41, 5.74) is 4.90. The molecule has 0 unspecified atom stereocenters. The van der Waals surface area contributed by atoms with Crippen molar-refractivity contribution in [1.29, 1.82) is 5.26 Å². The van der Waals surface area contributed by atoms with Crippen molar-refractivity contribution < 1.29 is 4.92 Å². The van der Waals surface area contributed by atoms with Gasteiger partial charge in [0.1, 0.15) is 0 Å². The first kappa shape index (κ1) is 10.3. The van der Waals surface area contributed by atoms with E-state index in [9.17, 15) is 10.1 Å². The normalized spacial score (nSPS) is 18.7. The zero-order valence-electron chi connectivity index (χ0n) is 7.56. The maximum atomic E-state index is 10.5. The van der Waals surface area contributed by atoms with Crippen molar-refractivity contribution >= 4 is 0 Å². The van der Waals surface area contributed by atoms with Crippen molar-refractivity contribution in [3.63, 3.8) is 0 Å². The van der Waals surface area contributed by atoms with Gasteiger partial charge >= 0.3 is 5.70 Å². The quantitative estimate of drug-likeness (QED) is 0.335. The van der Waals surface area contributed by atoms with E-state index in [-0.39, 0.29) is 5.82 Å². The number of hydrogen-bond acceptors (Lipinski definition) is 6. The fourth-order valence-corrected chi connectivity index (χ4v) is 1.33. The number of nitrogens with one attached hydrogen (secondary N) is 1. The molecule has 1 aliphatic rings. The van der Waals surface area contributed by atoms with Gasteiger partial charge in [-0.2, -0.15) is 5.26 Å². The molecule has 76 valence electrons. The van der Waals surface area contributed by atoms with Gasteiger partial charge < -0.3 is 16.0 Å². The average molecular weight is 197 g/mol. The summed E-state index contributed by atoms with van der Waals surface area (Å²) in [6.07, 6.45) is 0. The predicted octanol–water partition coefficient (Wildman–Crippen LogP) is -1.18. The minimum atomic E-state index is -0.683. The van der Waals surface area contributed by atoms with Crippen LogP contribution < -0.4 is 11.1 Å². The lowest BCUT2D eigenvalue weighted by Crippen LogP contribution is -2.28. The summed E-state index contributed by atoms with van der Waals surface area (Å²) in [5.74, 6) is 0.281. The molecule has 1 saturated heterocycles. The average Bonchev–Trinajstić information content (AvgIpc) is 2.55. The summed E-state index contributed by atoms with van der Waals surface area (Å²) in [7, 11) is 0. The number of hydrogen-bond donors (Lipinski definition) is 2. The van der Waals surface area contributed by atoms with Crippen LogP contribution in [0, 0.1) is 21.4 Å². The highest BCUT2D eigenvalue weighted by Crippen LogP contribution is 2.11. The van der Waals surface area contributed by atoms with E-state index in [2.05, 4.69) is 5.32 Å². The molecular weight excluding hydrogens is 186 g/mol. The third-order valence-corrected chi connectivity index (χ3v) is 1.90. The third-order valence-electron chi connectivity index (χ3n) is 1.90. The zero-order chi connectivity index (χ0) is 10.6. The highest BCUT2D eigenvalue weighted by Gasteiger charge is 2.26.